The van der Waals surface area contributed by atoms with E-state index in [1.54, 1.807) is 37.5 Å². The number of aryl methyl sites for hydroxylation is 1. The van der Waals surface area contributed by atoms with Crippen molar-refractivity contribution < 1.29 is 18.0 Å². The first-order valence-corrected chi connectivity index (χ1v) is 8.04. The van der Waals surface area contributed by atoms with Crippen LogP contribution in [0, 0.1) is 0 Å². The highest BCUT2D eigenvalue weighted by atomic mass is 79.9. The first-order valence-electron chi connectivity index (χ1n) is 7.25. The Labute approximate surface area is 154 Å². The second kappa shape index (κ2) is 6.87. The molecule has 26 heavy (non-hydrogen) atoms. The molecule has 3 aromatic heterocycles. The van der Waals surface area contributed by atoms with Gasteiger partial charge in [-0.1, -0.05) is 6.07 Å². The number of carbonyl (C=O) groups is 1. The van der Waals surface area contributed by atoms with Gasteiger partial charge in [-0.3, -0.25) is 19.4 Å². The molecule has 0 unspecified atom stereocenters. The molecule has 0 aliphatic carbocycles. The molecule has 1 amide bonds. The molecule has 1 N–H and O–H groups in total. The maximum absolute atomic E-state index is 12.8. The molecule has 0 atom stereocenters. The van der Waals surface area contributed by atoms with E-state index in [0.29, 0.717) is 23.3 Å². The normalized spacial score (nSPS) is 11.4. The fourth-order valence-corrected chi connectivity index (χ4v) is 2.57. The number of carbonyl (C=O) groups excluding carboxylic acids is 1. The molecule has 3 aromatic rings. The topological polar surface area (TPSA) is 72.7 Å². The maximum Gasteiger partial charge on any atom is 0.433 e. The highest BCUT2D eigenvalue weighted by molar-refractivity contribution is 9.10. The summed E-state index contributed by atoms with van der Waals surface area (Å²) in [5, 5.41) is 6.79. The van der Waals surface area contributed by atoms with E-state index in [0.717, 1.165) is 6.20 Å². The molecular weight excluding hydrogens is 415 g/mol. The van der Waals surface area contributed by atoms with Gasteiger partial charge in [-0.05, 0) is 34.1 Å². The molecule has 6 nitrogen and oxygen atoms in total. The van der Waals surface area contributed by atoms with Crippen LogP contribution < -0.4 is 5.32 Å². The predicted molar refractivity (Wildman–Crippen MR) is 91.3 cm³/mol. The summed E-state index contributed by atoms with van der Waals surface area (Å²) >= 11 is 3.05. The summed E-state index contributed by atoms with van der Waals surface area (Å²) in [4.78, 5) is 19.9. The van der Waals surface area contributed by atoms with E-state index in [9.17, 15) is 18.0 Å². The Bertz CT molecular complexity index is 956. The van der Waals surface area contributed by atoms with Crippen molar-refractivity contribution in [2.75, 3.05) is 5.32 Å². The summed E-state index contributed by atoms with van der Waals surface area (Å²) in [7, 11) is 1.60. The Kier molecular flexibility index (Phi) is 4.77. The zero-order valence-electron chi connectivity index (χ0n) is 13.3. The van der Waals surface area contributed by atoms with Gasteiger partial charge in [-0.15, -0.1) is 0 Å². The summed E-state index contributed by atoms with van der Waals surface area (Å²) in [5.74, 6) is -0.409. The number of hydrogen-bond acceptors (Lipinski definition) is 4. The number of rotatable bonds is 3. The van der Waals surface area contributed by atoms with Crippen LogP contribution >= 0.6 is 15.9 Å². The molecule has 3 heterocycles. The van der Waals surface area contributed by atoms with E-state index in [4.69, 9.17) is 0 Å². The first-order chi connectivity index (χ1) is 12.3. The number of aromatic nitrogens is 4. The third-order valence-corrected chi connectivity index (χ3v) is 4.07. The molecule has 0 spiro atoms. The van der Waals surface area contributed by atoms with Gasteiger partial charge in [0.2, 0.25) is 0 Å². The Morgan fingerprint density at radius 2 is 1.96 bits per heavy atom. The summed E-state index contributed by atoms with van der Waals surface area (Å²) in [6, 6.07) is 7.58. The lowest BCUT2D eigenvalue weighted by atomic mass is 10.2. The Hall–Kier alpha value is -2.75. The second-order valence-electron chi connectivity index (χ2n) is 5.25. The van der Waals surface area contributed by atoms with Gasteiger partial charge in [-0.25, -0.2) is 0 Å². The summed E-state index contributed by atoms with van der Waals surface area (Å²) in [5.41, 5.74) is -0.209. The fourth-order valence-electron chi connectivity index (χ4n) is 2.18. The smallest absolute Gasteiger partial charge is 0.307 e. The molecule has 0 aliphatic rings. The monoisotopic (exact) mass is 425 g/mol. The number of hydrogen-bond donors (Lipinski definition) is 1. The van der Waals surface area contributed by atoms with Crippen molar-refractivity contribution in [2.45, 2.75) is 6.18 Å². The quantitative estimate of drug-likeness (QED) is 0.690. The molecule has 0 radical (unpaired) electrons. The van der Waals surface area contributed by atoms with Crippen molar-refractivity contribution in [3.05, 3.63) is 58.5 Å². The summed E-state index contributed by atoms with van der Waals surface area (Å²) in [6.07, 6.45) is -2.09. The third-order valence-electron chi connectivity index (χ3n) is 3.44. The van der Waals surface area contributed by atoms with E-state index in [-0.39, 0.29) is 10.0 Å². The molecule has 10 heteroatoms. The van der Waals surface area contributed by atoms with Crippen LogP contribution in [0.4, 0.5) is 19.0 Å². The number of amides is 1. The second-order valence-corrected chi connectivity index (χ2v) is 6.11. The predicted octanol–water partition coefficient (Wildman–Crippen LogP) is 3.91. The van der Waals surface area contributed by atoms with Crippen LogP contribution in [0.3, 0.4) is 0 Å². The minimum Gasteiger partial charge on any atom is -0.307 e. The van der Waals surface area contributed by atoms with Crippen LogP contribution in [0.2, 0.25) is 0 Å². The highest BCUT2D eigenvalue weighted by Crippen LogP contribution is 2.30. The Morgan fingerprint density at radius 1 is 1.19 bits per heavy atom. The summed E-state index contributed by atoms with van der Waals surface area (Å²) in [6.45, 7) is 0. The number of anilines is 1. The average Bonchev–Trinajstić information content (AvgIpc) is 2.95. The molecule has 0 aromatic carbocycles. The standard InChI is InChI=1S/C16H11BrF3N5O/c1-25-14(7-12(24-25)11-4-2-3-5-21-11)23-15(26)9-6-13(16(18,19)20)22-8-10(9)17/h2-8H,1H3,(H,23,26). The molecular formula is C16H11BrF3N5O. The van der Waals surface area contributed by atoms with E-state index in [1.807, 2.05) is 0 Å². The van der Waals surface area contributed by atoms with Crippen molar-refractivity contribution in [1.29, 1.82) is 0 Å². The number of nitrogens with zero attached hydrogens (tertiary/aromatic N) is 4. The van der Waals surface area contributed by atoms with Gasteiger partial charge in [-0.2, -0.15) is 18.3 Å². The number of alkyl halides is 3. The Morgan fingerprint density at radius 3 is 2.62 bits per heavy atom. The van der Waals surface area contributed by atoms with E-state index < -0.39 is 17.8 Å². The molecule has 134 valence electrons. The molecule has 0 bridgehead atoms. The van der Waals surface area contributed by atoms with Gasteiger partial charge in [0.15, 0.2) is 0 Å². The highest BCUT2D eigenvalue weighted by Gasteiger charge is 2.33. The van der Waals surface area contributed by atoms with Crippen LogP contribution in [0.5, 0.6) is 0 Å². The molecule has 0 saturated heterocycles. The van der Waals surface area contributed by atoms with E-state index in [1.165, 1.54) is 4.68 Å². The van der Waals surface area contributed by atoms with Gasteiger partial charge in [0.1, 0.15) is 17.2 Å². The largest absolute Gasteiger partial charge is 0.433 e. The van der Waals surface area contributed by atoms with Crippen molar-refractivity contribution >= 4 is 27.7 Å². The lowest BCUT2D eigenvalue weighted by Crippen LogP contribution is -2.17. The van der Waals surface area contributed by atoms with Crippen molar-refractivity contribution in [3.8, 4) is 11.4 Å². The third kappa shape index (κ3) is 3.74. The van der Waals surface area contributed by atoms with Crippen LogP contribution in [-0.4, -0.2) is 25.7 Å². The maximum atomic E-state index is 12.8. The number of pyridine rings is 2. The van der Waals surface area contributed by atoms with E-state index >= 15 is 0 Å². The van der Waals surface area contributed by atoms with Crippen molar-refractivity contribution in [2.24, 2.45) is 7.05 Å². The number of halogens is 4. The van der Waals surface area contributed by atoms with Crippen molar-refractivity contribution in [1.82, 2.24) is 19.7 Å². The van der Waals surface area contributed by atoms with Gasteiger partial charge in [0.05, 0.1) is 11.3 Å². The molecule has 0 saturated carbocycles. The average molecular weight is 426 g/mol. The number of nitrogens with one attached hydrogen (secondary N) is 1. The van der Waals surface area contributed by atoms with E-state index in [2.05, 4.69) is 36.3 Å². The molecule has 0 aliphatic heterocycles. The lowest BCUT2D eigenvalue weighted by molar-refractivity contribution is -0.141. The van der Waals surface area contributed by atoms with Gasteiger partial charge < -0.3 is 5.32 Å². The molecule has 3 rings (SSSR count). The van der Waals surface area contributed by atoms with Crippen LogP contribution in [0.1, 0.15) is 16.1 Å². The molecule has 0 fully saturated rings. The zero-order valence-corrected chi connectivity index (χ0v) is 14.8. The minimum atomic E-state index is -4.64. The van der Waals surface area contributed by atoms with Gasteiger partial charge >= 0.3 is 6.18 Å². The Balaban J connectivity index is 1.88. The van der Waals surface area contributed by atoms with Crippen LogP contribution in [0.15, 0.2) is 47.2 Å². The SMILES string of the molecule is Cn1nc(-c2ccccn2)cc1NC(=O)c1cc(C(F)(F)F)ncc1Br. The van der Waals surface area contributed by atoms with Crippen molar-refractivity contribution in [3.63, 3.8) is 0 Å². The van der Waals surface area contributed by atoms with Gasteiger partial charge in [0, 0.05) is 30.0 Å². The fraction of sp³-hybridized carbons (Fsp3) is 0.125. The van der Waals surface area contributed by atoms with Crippen LogP contribution in [-0.2, 0) is 13.2 Å². The van der Waals surface area contributed by atoms with Gasteiger partial charge in [0.25, 0.3) is 5.91 Å². The zero-order chi connectivity index (χ0) is 18.9. The minimum absolute atomic E-state index is 0.148. The summed E-state index contributed by atoms with van der Waals surface area (Å²) < 4.78 is 40.0. The van der Waals surface area contributed by atoms with Crippen LogP contribution in [0.25, 0.3) is 11.4 Å². The first kappa shape index (κ1) is 18.1. The lowest BCUT2D eigenvalue weighted by Gasteiger charge is -2.10.